The normalized spacial score (nSPS) is 11.1. The number of benzene rings is 2. The van der Waals surface area contributed by atoms with E-state index in [9.17, 15) is 9.59 Å². The predicted octanol–water partition coefficient (Wildman–Crippen LogP) is 4.53. The molecule has 0 bridgehead atoms. The van der Waals surface area contributed by atoms with E-state index in [4.69, 9.17) is 4.74 Å². The molecule has 25 heavy (non-hydrogen) atoms. The molecule has 0 unspecified atom stereocenters. The van der Waals surface area contributed by atoms with Gasteiger partial charge in [-0.2, -0.15) is 0 Å². The van der Waals surface area contributed by atoms with Crippen LogP contribution < -0.4 is 9.64 Å². The molecule has 0 aromatic heterocycles. The highest BCUT2D eigenvalue weighted by molar-refractivity contribution is 6.23. The zero-order chi connectivity index (χ0) is 18.8. The highest BCUT2D eigenvalue weighted by atomic mass is 16.5. The van der Waals surface area contributed by atoms with E-state index in [1.807, 2.05) is 52.8 Å². The number of carbonyl (C=O) groups excluding carboxylic acids is 2. The Bertz CT molecular complexity index is 783. The summed E-state index contributed by atoms with van der Waals surface area (Å²) in [4.78, 5) is 27.8. The van der Waals surface area contributed by atoms with Gasteiger partial charge in [0.15, 0.2) is 0 Å². The fraction of sp³-hybridized carbons (Fsp3) is 0.333. The molecule has 0 saturated carbocycles. The standard InChI is InChI=1S/C21H25NO3/c1-14-10-9-11-15(2)18(14)22(20(24)21(3,4)5)19(23)16-12-7-8-13-17(16)25-6/h7-13H,1-6H3. The van der Waals surface area contributed by atoms with Gasteiger partial charge in [-0.3, -0.25) is 9.59 Å². The third-order valence-corrected chi connectivity index (χ3v) is 4.05. The molecular formula is C21H25NO3. The van der Waals surface area contributed by atoms with E-state index in [0.717, 1.165) is 11.1 Å². The predicted molar refractivity (Wildman–Crippen MR) is 100 cm³/mol. The van der Waals surface area contributed by atoms with Crippen LogP contribution in [0.3, 0.4) is 0 Å². The molecule has 0 aliphatic carbocycles. The Morgan fingerprint density at radius 3 is 2.00 bits per heavy atom. The molecule has 0 atom stereocenters. The van der Waals surface area contributed by atoms with Gasteiger partial charge in [-0.15, -0.1) is 0 Å². The zero-order valence-electron chi connectivity index (χ0n) is 15.7. The van der Waals surface area contributed by atoms with Crippen molar-refractivity contribution in [2.45, 2.75) is 34.6 Å². The van der Waals surface area contributed by atoms with Gasteiger partial charge in [-0.1, -0.05) is 51.1 Å². The van der Waals surface area contributed by atoms with E-state index >= 15 is 0 Å². The van der Waals surface area contributed by atoms with Crippen LogP contribution in [-0.2, 0) is 4.79 Å². The topological polar surface area (TPSA) is 46.6 Å². The molecule has 0 heterocycles. The van der Waals surface area contributed by atoms with Crippen molar-refractivity contribution in [2.24, 2.45) is 5.41 Å². The van der Waals surface area contributed by atoms with Crippen molar-refractivity contribution in [2.75, 3.05) is 12.0 Å². The van der Waals surface area contributed by atoms with Crippen LogP contribution in [-0.4, -0.2) is 18.9 Å². The van der Waals surface area contributed by atoms with Crippen LogP contribution in [0.25, 0.3) is 0 Å². The van der Waals surface area contributed by atoms with Gasteiger partial charge >= 0.3 is 0 Å². The van der Waals surface area contributed by atoms with E-state index in [0.29, 0.717) is 17.0 Å². The smallest absolute Gasteiger partial charge is 0.268 e. The summed E-state index contributed by atoms with van der Waals surface area (Å²) >= 11 is 0. The Balaban J connectivity index is 2.68. The number of ether oxygens (including phenoxy) is 1. The van der Waals surface area contributed by atoms with E-state index in [-0.39, 0.29) is 11.8 Å². The minimum atomic E-state index is -0.702. The zero-order valence-corrected chi connectivity index (χ0v) is 15.7. The van der Waals surface area contributed by atoms with Gasteiger partial charge in [-0.05, 0) is 37.1 Å². The largest absolute Gasteiger partial charge is 0.496 e. The SMILES string of the molecule is COc1ccccc1C(=O)N(C(=O)C(C)(C)C)c1c(C)cccc1C. The molecule has 2 amide bonds. The first kappa shape index (κ1) is 18.7. The average Bonchev–Trinajstić information content (AvgIpc) is 2.56. The molecule has 0 radical (unpaired) electrons. The first-order valence-corrected chi connectivity index (χ1v) is 8.26. The van der Waals surface area contributed by atoms with Crippen LogP contribution in [0.2, 0.25) is 0 Å². The average molecular weight is 339 g/mol. The number of amides is 2. The monoisotopic (exact) mass is 339 g/mol. The molecule has 2 aromatic carbocycles. The summed E-state index contributed by atoms with van der Waals surface area (Å²) in [6.45, 7) is 9.24. The molecule has 0 N–H and O–H groups in total. The van der Waals surface area contributed by atoms with Gasteiger partial charge in [-0.25, -0.2) is 4.90 Å². The Hall–Kier alpha value is -2.62. The maximum atomic E-state index is 13.3. The number of para-hydroxylation sites is 2. The molecule has 0 spiro atoms. The lowest BCUT2D eigenvalue weighted by atomic mass is 9.93. The summed E-state index contributed by atoms with van der Waals surface area (Å²) in [5.74, 6) is -0.180. The van der Waals surface area contributed by atoms with Gasteiger partial charge in [0.05, 0.1) is 18.4 Å². The molecule has 2 aromatic rings. The Labute approximate surface area is 149 Å². The maximum absolute atomic E-state index is 13.3. The van der Waals surface area contributed by atoms with Gasteiger partial charge in [0, 0.05) is 5.41 Å². The highest BCUT2D eigenvalue weighted by Crippen LogP contribution is 2.32. The van der Waals surface area contributed by atoms with Crippen LogP contribution in [0.4, 0.5) is 5.69 Å². The summed E-state index contributed by atoms with van der Waals surface area (Å²) < 4.78 is 5.32. The quantitative estimate of drug-likeness (QED) is 0.825. The van der Waals surface area contributed by atoms with Gasteiger partial charge in [0.2, 0.25) is 5.91 Å². The number of methoxy groups -OCH3 is 1. The molecule has 4 nitrogen and oxygen atoms in total. The van der Waals surface area contributed by atoms with Crippen molar-refractivity contribution in [1.82, 2.24) is 0 Å². The van der Waals surface area contributed by atoms with E-state index in [1.54, 1.807) is 24.3 Å². The number of hydrogen-bond donors (Lipinski definition) is 0. The molecule has 4 heteroatoms. The van der Waals surface area contributed by atoms with Crippen LogP contribution in [0.15, 0.2) is 42.5 Å². The number of aryl methyl sites for hydroxylation is 2. The highest BCUT2D eigenvalue weighted by Gasteiger charge is 2.35. The van der Waals surface area contributed by atoms with Crippen LogP contribution in [0.1, 0.15) is 42.3 Å². The third kappa shape index (κ3) is 3.73. The Morgan fingerprint density at radius 1 is 0.920 bits per heavy atom. The van der Waals surface area contributed by atoms with E-state index < -0.39 is 5.41 Å². The van der Waals surface area contributed by atoms with Crippen molar-refractivity contribution in [3.8, 4) is 5.75 Å². The van der Waals surface area contributed by atoms with Gasteiger partial charge < -0.3 is 4.74 Å². The number of carbonyl (C=O) groups is 2. The molecule has 132 valence electrons. The van der Waals surface area contributed by atoms with Crippen LogP contribution >= 0.6 is 0 Å². The molecule has 0 aliphatic rings. The molecule has 2 rings (SSSR count). The number of rotatable bonds is 3. The second kappa shape index (κ2) is 7.09. The fourth-order valence-corrected chi connectivity index (χ4v) is 2.73. The Morgan fingerprint density at radius 2 is 1.48 bits per heavy atom. The third-order valence-electron chi connectivity index (χ3n) is 4.05. The van der Waals surface area contributed by atoms with Crippen LogP contribution in [0, 0.1) is 19.3 Å². The van der Waals surface area contributed by atoms with Gasteiger partial charge in [0.25, 0.3) is 5.91 Å². The van der Waals surface area contributed by atoms with Crippen molar-refractivity contribution in [3.63, 3.8) is 0 Å². The lowest BCUT2D eigenvalue weighted by molar-refractivity contribution is -0.125. The minimum absolute atomic E-state index is 0.249. The first-order valence-electron chi connectivity index (χ1n) is 8.26. The summed E-state index contributed by atoms with van der Waals surface area (Å²) in [5, 5.41) is 0. The first-order chi connectivity index (χ1) is 11.7. The van der Waals surface area contributed by atoms with E-state index in [2.05, 4.69) is 0 Å². The summed E-state index contributed by atoms with van der Waals surface area (Å²) in [6, 6.07) is 12.7. The van der Waals surface area contributed by atoms with Crippen molar-refractivity contribution in [1.29, 1.82) is 0 Å². The molecule has 0 saturated heterocycles. The second-order valence-electron chi connectivity index (χ2n) is 7.14. The lowest BCUT2D eigenvalue weighted by Gasteiger charge is -2.30. The number of anilines is 1. The maximum Gasteiger partial charge on any atom is 0.268 e. The lowest BCUT2D eigenvalue weighted by Crippen LogP contribution is -2.44. The van der Waals surface area contributed by atoms with Crippen molar-refractivity contribution >= 4 is 17.5 Å². The summed E-state index contributed by atoms with van der Waals surface area (Å²) in [6.07, 6.45) is 0. The second-order valence-corrected chi connectivity index (χ2v) is 7.14. The fourth-order valence-electron chi connectivity index (χ4n) is 2.73. The number of nitrogens with zero attached hydrogens (tertiary/aromatic N) is 1. The Kier molecular flexibility index (Phi) is 5.31. The summed E-state index contributed by atoms with van der Waals surface area (Å²) in [5.41, 5.74) is 2.05. The molecular weight excluding hydrogens is 314 g/mol. The van der Waals surface area contributed by atoms with E-state index in [1.165, 1.54) is 12.0 Å². The van der Waals surface area contributed by atoms with Crippen molar-refractivity contribution in [3.05, 3.63) is 59.2 Å². The molecule has 0 aliphatic heterocycles. The van der Waals surface area contributed by atoms with Gasteiger partial charge in [0.1, 0.15) is 5.75 Å². The van der Waals surface area contributed by atoms with Crippen molar-refractivity contribution < 1.29 is 14.3 Å². The summed E-state index contributed by atoms with van der Waals surface area (Å²) in [7, 11) is 1.51. The minimum Gasteiger partial charge on any atom is -0.496 e. The molecule has 0 fully saturated rings. The number of imide groups is 1. The van der Waals surface area contributed by atoms with Crippen LogP contribution in [0.5, 0.6) is 5.75 Å². The number of hydrogen-bond acceptors (Lipinski definition) is 3.